The fourth-order valence-electron chi connectivity index (χ4n) is 4.79. The van der Waals surface area contributed by atoms with Crippen LogP contribution < -0.4 is 10.2 Å². The molecule has 0 aliphatic carbocycles. The number of aromatic nitrogens is 4. The van der Waals surface area contributed by atoms with Crippen molar-refractivity contribution in [1.29, 1.82) is 0 Å². The van der Waals surface area contributed by atoms with E-state index < -0.39 is 0 Å². The van der Waals surface area contributed by atoms with Crippen LogP contribution in [0.2, 0.25) is 0 Å². The molecule has 162 valence electrons. The van der Waals surface area contributed by atoms with Gasteiger partial charge in [0.05, 0.1) is 10.2 Å². The number of likely N-dealkylation sites (tertiary alicyclic amines) is 1. The number of anilines is 3. The Morgan fingerprint density at radius 2 is 1.94 bits per heavy atom. The van der Waals surface area contributed by atoms with Gasteiger partial charge in [-0.3, -0.25) is 9.88 Å². The predicted molar refractivity (Wildman–Crippen MR) is 130 cm³/mol. The summed E-state index contributed by atoms with van der Waals surface area (Å²) in [7, 11) is 2.22. The molecule has 2 aliphatic rings. The van der Waals surface area contributed by atoms with Gasteiger partial charge in [0.15, 0.2) is 0 Å². The lowest BCUT2D eigenvalue weighted by Gasteiger charge is -2.33. The highest BCUT2D eigenvalue weighted by Gasteiger charge is 2.41. The van der Waals surface area contributed by atoms with Gasteiger partial charge >= 0.3 is 0 Å². The Kier molecular flexibility index (Phi) is 4.58. The van der Waals surface area contributed by atoms with Crippen molar-refractivity contribution in [2.24, 2.45) is 0 Å². The van der Waals surface area contributed by atoms with Gasteiger partial charge in [-0.1, -0.05) is 12.1 Å². The first kappa shape index (κ1) is 19.6. The highest BCUT2D eigenvalue weighted by molar-refractivity contribution is 7.21. The molecule has 2 saturated heterocycles. The van der Waals surface area contributed by atoms with Gasteiger partial charge in [0, 0.05) is 43.6 Å². The van der Waals surface area contributed by atoms with E-state index in [-0.39, 0.29) is 0 Å². The summed E-state index contributed by atoms with van der Waals surface area (Å²) in [5.74, 6) is 2.64. The number of likely N-dealkylation sites (N-methyl/N-ethyl adjacent to an activating group) is 1. The number of nitrogens with one attached hydrogen (secondary N) is 1. The lowest BCUT2D eigenvalue weighted by Crippen LogP contribution is -2.44. The van der Waals surface area contributed by atoms with E-state index in [9.17, 15) is 0 Å². The molecule has 1 N–H and O–H groups in total. The van der Waals surface area contributed by atoms with Crippen molar-refractivity contribution in [3.63, 3.8) is 0 Å². The molecule has 0 radical (unpaired) electrons. The smallest absolute Gasteiger partial charge is 0.143 e. The van der Waals surface area contributed by atoms with Crippen LogP contribution in [0.5, 0.6) is 0 Å². The molecule has 0 spiro atoms. The van der Waals surface area contributed by atoms with Crippen LogP contribution in [0.25, 0.3) is 20.9 Å². The Morgan fingerprint density at radius 3 is 2.72 bits per heavy atom. The maximum atomic E-state index is 4.97. The van der Waals surface area contributed by atoms with Crippen molar-refractivity contribution < 1.29 is 0 Å². The van der Waals surface area contributed by atoms with E-state index in [2.05, 4.69) is 64.2 Å². The van der Waals surface area contributed by atoms with Crippen LogP contribution >= 0.6 is 11.3 Å². The molecule has 2 aliphatic heterocycles. The summed E-state index contributed by atoms with van der Waals surface area (Å²) in [4.78, 5) is 23.8. The second-order valence-electron chi connectivity index (χ2n) is 8.82. The zero-order valence-electron chi connectivity index (χ0n) is 18.4. The molecule has 0 unspecified atom stereocenters. The quantitative estimate of drug-likeness (QED) is 0.501. The van der Waals surface area contributed by atoms with E-state index in [1.54, 1.807) is 11.3 Å². The van der Waals surface area contributed by atoms with E-state index in [0.717, 1.165) is 62.6 Å². The summed E-state index contributed by atoms with van der Waals surface area (Å²) in [6, 6.07) is 11.5. The molecule has 8 heteroatoms. The number of nitrogens with zero attached hydrogens (tertiary/aromatic N) is 6. The standard InChI is InChI=1S/C24H25N7S/c1-14-5-4-8-25-22(14)24-27-18-10-20(26-11-19(18)32-24)28-23-15(2)6-7-21(29-23)31-13-16-9-17(31)12-30(16)3/h4-8,10-11,16-17H,9,12-13H2,1-3H3,(H,26,28,29)/t16-,17-/m0/s1. The van der Waals surface area contributed by atoms with E-state index in [1.807, 2.05) is 24.5 Å². The molecule has 32 heavy (non-hydrogen) atoms. The SMILES string of the molecule is Cc1ccc(N2C[C@@H]3C[C@H]2CN3C)nc1Nc1cc2nc(-c3ncccc3C)sc2cn1. The van der Waals surface area contributed by atoms with Gasteiger partial charge in [-0.25, -0.2) is 15.0 Å². The second kappa shape index (κ2) is 7.50. The average molecular weight is 444 g/mol. The summed E-state index contributed by atoms with van der Waals surface area (Å²) in [5.41, 5.74) is 4.07. The summed E-state index contributed by atoms with van der Waals surface area (Å²) < 4.78 is 1.05. The van der Waals surface area contributed by atoms with Gasteiger partial charge in [-0.15, -0.1) is 11.3 Å². The number of rotatable bonds is 4. The van der Waals surface area contributed by atoms with Crippen LogP contribution in [-0.2, 0) is 0 Å². The summed E-state index contributed by atoms with van der Waals surface area (Å²) in [6.45, 7) is 6.30. The molecule has 0 aromatic carbocycles. The van der Waals surface area contributed by atoms with Crippen molar-refractivity contribution >= 4 is 39.0 Å². The molecule has 7 nitrogen and oxygen atoms in total. The Balaban J connectivity index is 1.28. The van der Waals surface area contributed by atoms with Gasteiger partial charge in [0.1, 0.15) is 28.2 Å². The molecular formula is C24H25N7S. The Labute approximate surface area is 191 Å². The molecule has 4 aromatic rings. The van der Waals surface area contributed by atoms with E-state index in [0.29, 0.717) is 12.1 Å². The zero-order valence-corrected chi connectivity index (χ0v) is 19.2. The zero-order chi connectivity index (χ0) is 21.8. The molecule has 2 atom stereocenters. The first-order valence-corrected chi connectivity index (χ1v) is 11.8. The highest BCUT2D eigenvalue weighted by Crippen LogP contribution is 2.35. The number of pyridine rings is 3. The highest BCUT2D eigenvalue weighted by atomic mass is 32.1. The van der Waals surface area contributed by atoms with Gasteiger partial charge < -0.3 is 10.2 Å². The van der Waals surface area contributed by atoms with Crippen molar-refractivity contribution in [3.8, 4) is 10.7 Å². The monoisotopic (exact) mass is 443 g/mol. The summed E-state index contributed by atoms with van der Waals surface area (Å²) in [6.07, 6.45) is 4.92. The fraction of sp³-hybridized carbons (Fsp3) is 0.333. The Morgan fingerprint density at radius 1 is 1.03 bits per heavy atom. The van der Waals surface area contributed by atoms with Gasteiger partial charge in [-0.05, 0) is 50.6 Å². The van der Waals surface area contributed by atoms with Crippen LogP contribution in [0, 0.1) is 13.8 Å². The molecule has 0 saturated carbocycles. The first-order valence-electron chi connectivity index (χ1n) is 11.0. The number of hydrogen-bond donors (Lipinski definition) is 1. The van der Waals surface area contributed by atoms with Crippen molar-refractivity contribution in [2.75, 3.05) is 30.4 Å². The van der Waals surface area contributed by atoms with Crippen LogP contribution in [0.4, 0.5) is 17.5 Å². The largest absolute Gasteiger partial charge is 0.351 e. The van der Waals surface area contributed by atoms with Gasteiger partial charge in [0.25, 0.3) is 0 Å². The molecule has 6 heterocycles. The lowest BCUT2D eigenvalue weighted by molar-refractivity contribution is 0.292. The van der Waals surface area contributed by atoms with Crippen LogP contribution in [0.3, 0.4) is 0 Å². The lowest BCUT2D eigenvalue weighted by atomic mass is 10.2. The predicted octanol–water partition coefficient (Wildman–Crippen LogP) is 4.40. The van der Waals surface area contributed by atoms with Crippen LogP contribution in [0.15, 0.2) is 42.7 Å². The third-order valence-electron chi connectivity index (χ3n) is 6.62. The molecule has 2 fully saturated rings. The van der Waals surface area contributed by atoms with Crippen LogP contribution in [0.1, 0.15) is 17.5 Å². The van der Waals surface area contributed by atoms with Gasteiger partial charge in [-0.2, -0.15) is 0 Å². The number of fused-ring (bicyclic) bond motifs is 3. The molecule has 4 aromatic heterocycles. The topological polar surface area (TPSA) is 70.1 Å². The van der Waals surface area contributed by atoms with E-state index >= 15 is 0 Å². The van der Waals surface area contributed by atoms with Crippen molar-refractivity contribution in [3.05, 3.63) is 53.9 Å². The minimum Gasteiger partial charge on any atom is -0.351 e. The molecule has 2 bridgehead atoms. The number of hydrogen-bond acceptors (Lipinski definition) is 8. The van der Waals surface area contributed by atoms with Crippen LogP contribution in [-0.4, -0.2) is 57.1 Å². The van der Waals surface area contributed by atoms with E-state index in [4.69, 9.17) is 9.97 Å². The number of thiazole rings is 1. The third-order valence-corrected chi connectivity index (χ3v) is 7.64. The number of aryl methyl sites for hydroxylation is 2. The van der Waals surface area contributed by atoms with Crippen molar-refractivity contribution in [1.82, 2.24) is 24.8 Å². The Bertz CT molecular complexity index is 1310. The first-order chi connectivity index (χ1) is 15.5. The normalized spacial score (nSPS) is 20.4. The average Bonchev–Trinajstić information content (AvgIpc) is 3.49. The second-order valence-corrected chi connectivity index (χ2v) is 9.85. The minimum absolute atomic E-state index is 0.561. The number of piperazine rings is 1. The molecular weight excluding hydrogens is 418 g/mol. The Hall–Kier alpha value is -3.10. The fourth-order valence-corrected chi connectivity index (χ4v) is 5.76. The van der Waals surface area contributed by atoms with Gasteiger partial charge in [0.2, 0.25) is 0 Å². The summed E-state index contributed by atoms with van der Waals surface area (Å²) in [5, 5.41) is 4.35. The minimum atomic E-state index is 0.561. The molecule has 0 amide bonds. The maximum absolute atomic E-state index is 4.97. The third kappa shape index (κ3) is 3.30. The molecule has 6 rings (SSSR count). The van der Waals surface area contributed by atoms with E-state index in [1.165, 1.54) is 6.42 Å². The summed E-state index contributed by atoms with van der Waals surface area (Å²) >= 11 is 1.62. The van der Waals surface area contributed by atoms with Crippen molar-refractivity contribution in [2.45, 2.75) is 32.4 Å². The maximum Gasteiger partial charge on any atom is 0.143 e.